The second-order valence-corrected chi connectivity index (χ2v) is 5.53. The number of hydrogen-bond acceptors (Lipinski definition) is 2. The van der Waals surface area contributed by atoms with Crippen molar-refractivity contribution in [1.29, 1.82) is 0 Å². The van der Waals surface area contributed by atoms with Crippen molar-refractivity contribution < 1.29 is 9.59 Å². The van der Waals surface area contributed by atoms with E-state index in [1.54, 1.807) is 9.80 Å². The van der Waals surface area contributed by atoms with Gasteiger partial charge in [-0.15, -0.1) is 46.4 Å². The molecule has 20 heavy (non-hydrogen) atoms. The van der Waals surface area contributed by atoms with Crippen LogP contribution in [0.25, 0.3) is 0 Å². The number of hydrogen-bond donors (Lipinski definition) is 0. The van der Waals surface area contributed by atoms with Crippen LogP contribution in [0.5, 0.6) is 0 Å². The Kier molecular flexibility index (Phi) is 12.9. The van der Waals surface area contributed by atoms with E-state index >= 15 is 0 Å². The highest BCUT2D eigenvalue weighted by Gasteiger charge is 2.17. The van der Waals surface area contributed by atoms with Gasteiger partial charge in [-0.05, 0) is 0 Å². The second-order valence-electron chi connectivity index (χ2n) is 4.02. The number of halogens is 4. The zero-order valence-corrected chi connectivity index (χ0v) is 14.3. The first kappa shape index (κ1) is 20.1. The fourth-order valence-electron chi connectivity index (χ4n) is 1.66. The maximum absolute atomic E-state index is 12.0. The van der Waals surface area contributed by atoms with E-state index in [9.17, 15) is 9.59 Å². The van der Waals surface area contributed by atoms with Crippen LogP contribution in [0.15, 0.2) is 0 Å². The molecule has 0 atom stereocenters. The van der Waals surface area contributed by atoms with Crippen molar-refractivity contribution in [2.75, 3.05) is 49.7 Å². The average Bonchev–Trinajstić information content (AvgIpc) is 2.44. The number of amides is 2. The summed E-state index contributed by atoms with van der Waals surface area (Å²) in [6.07, 6.45) is 0.293. The maximum Gasteiger partial charge on any atom is 0.223 e. The summed E-state index contributed by atoms with van der Waals surface area (Å²) in [5.74, 6) is 1.16. The minimum absolute atomic E-state index is 0.114. The lowest BCUT2D eigenvalue weighted by Crippen LogP contribution is -2.37. The van der Waals surface area contributed by atoms with E-state index in [-0.39, 0.29) is 24.7 Å². The van der Waals surface area contributed by atoms with Gasteiger partial charge in [0, 0.05) is 62.5 Å². The molecule has 0 radical (unpaired) electrons. The fourth-order valence-corrected chi connectivity index (χ4v) is 2.48. The molecule has 0 spiro atoms. The van der Waals surface area contributed by atoms with E-state index in [0.717, 1.165) is 0 Å². The van der Waals surface area contributed by atoms with Crippen LogP contribution in [0, 0.1) is 0 Å². The first-order valence-corrected chi connectivity index (χ1v) is 8.53. The Morgan fingerprint density at radius 2 is 0.850 bits per heavy atom. The number of alkyl halides is 4. The Bertz CT molecular complexity index is 253. The number of rotatable bonds is 11. The van der Waals surface area contributed by atoms with E-state index in [2.05, 4.69) is 0 Å². The SMILES string of the molecule is O=C(CCC(=O)N(CCCl)CCCl)N(CCCl)CCCl. The molecule has 0 aliphatic carbocycles. The Balaban J connectivity index is 4.27. The molecule has 0 saturated carbocycles. The Morgan fingerprint density at radius 3 is 1.05 bits per heavy atom. The van der Waals surface area contributed by atoms with Crippen molar-refractivity contribution in [2.45, 2.75) is 12.8 Å². The molecule has 8 heteroatoms. The molecule has 0 N–H and O–H groups in total. The molecular formula is C12H20Cl4N2O2. The van der Waals surface area contributed by atoms with Crippen molar-refractivity contribution in [3.05, 3.63) is 0 Å². The van der Waals surface area contributed by atoms with Gasteiger partial charge < -0.3 is 9.80 Å². The van der Waals surface area contributed by atoms with E-state index in [0.29, 0.717) is 49.7 Å². The van der Waals surface area contributed by atoms with Gasteiger partial charge in [-0.3, -0.25) is 9.59 Å². The summed E-state index contributed by atoms with van der Waals surface area (Å²) in [6.45, 7) is 1.76. The molecule has 2 amide bonds. The minimum atomic E-state index is -0.114. The van der Waals surface area contributed by atoms with E-state index in [1.165, 1.54) is 0 Å². The van der Waals surface area contributed by atoms with Crippen LogP contribution in [0.4, 0.5) is 0 Å². The predicted octanol–water partition coefficient (Wildman–Crippen LogP) is 2.38. The van der Waals surface area contributed by atoms with Gasteiger partial charge in [0.2, 0.25) is 11.8 Å². The molecular weight excluding hydrogens is 346 g/mol. The quantitative estimate of drug-likeness (QED) is 0.527. The van der Waals surface area contributed by atoms with Crippen LogP contribution < -0.4 is 0 Å². The normalized spacial score (nSPS) is 10.4. The smallest absolute Gasteiger partial charge is 0.223 e. The second kappa shape index (κ2) is 12.8. The van der Waals surface area contributed by atoms with Crippen LogP contribution in [0.1, 0.15) is 12.8 Å². The Hall–Kier alpha value is 0.1000. The zero-order chi connectivity index (χ0) is 15.4. The summed E-state index contributed by atoms with van der Waals surface area (Å²) in [5.41, 5.74) is 0. The van der Waals surface area contributed by atoms with E-state index in [1.807, 2.05) is 0 Å². The molecule has 0 saturated heterocycles. The summed E-state index contributed by atoms with van der Waals surface area (Å²) in [5, 5.41) is 0. The van der Waals surface area contributed by atoms with E-state index in [4.69, 9.17) is 46.4 Å². The van der Waals surface area contributed by atoms with Crippen molar-refractivity contribution >= 4 is 58.2 Å². The molecule has 4 nitrogen and oxygen atoms in total. The van der Waals surface area contributed by atoms with Gasteiger partial charge in [-0.25, -0.2) is 0 Å². The lowest BCUT2D eigenvalue weighted by atomic mass is 10.2. The third-order valence-electron chi connectivity index (χ3n) is 2.68. The van der Waals surface area contributed by atoms with Crippen molar-refractivity contribution in [1.82, 2.24) is 9.80 Å². The lowest BCUT2D eigenvalue weighted by Gasteiger charge is -2.23. The van der Waals surface area contributed by atoms with Gasteiger partial charge in [-0.1, -0.05) is 0 Å². The molecule has 118 valence electrons. The first-order chi connectivity index (χ1) is 9.60. The molecule has 0 aliphatic rings. The third-order valence-corrected chi connectivity index (χ3v) is 3.35. The van der Waals surface area contributed by atoms with Crippen LogP contribution in [-0.2, 0) is 9.59 Å². The van der Waals surface area contributed by atoms with Crippen molar-refractivity contribution in [3.8, 4) is 0 Å². The third kappa shape index (κ3) is 8.40. The maximum atomic E-state index is 12.0. The highest BCUT2D eigenvalue weighted by Crippen LogP contribution is 2.04. The number of carbonyl (C=O) groups is 2. The molecule has 0 fully saturated rings. The molecule has 0 aromatic rings. The highest BCUT2D eigenvalue weighted by atomic mass is 35.5. The summed E-state index contributed by atoms with van der Waals surface area (Å²) in [7, 11) is 0. The van der Waals surface area contributed by atoms with Gasteiger partial charge in [0.25, 0.3) is 0 Å². The monoisotopic (exact) mass is 364 g/mol. The molecule has 0 aromatic carbocycles. The fraction of sp³-hybridized carbons (Fsp3) is 0.833. The van der Waals surface area contributed by atoms with Gasteiger partial charge in [-0.2, -0.15) is 0 Å². The van der Waals surface area contributed by atoms with E-state index < -0.39 is 0 Å². The average molecular weight is 366 g/mol. The molecule has 0 bridgehead atoms. The number of nitrogens with zero attached hydrogens (tertiary/aromatic N) is 2. The Morgan fingerprint density at radius 1 is 0.600 bits per heavy atom. The minimum Gasteiger partial charge on any atom is -0.340 e. The summed E-state index contributed by atoms with van der Waals surface area (Å²) >= 11 is 22.5. The van der Waals surface area contributed by atoms with Gasteiger partial charge in [0.15, 0.2) is 0 Å². The summed E-state index contributed by atoms with van der Waals surface area (Å²) < 4.78 is 0. The van der Waals surface area contributed by atoms with Crippen LogP contribution >= 0.6 is 46.4 Å². The molecule has 0 unspecified atom stereocenters. The van der Waals surface area contributed by atoms with Crippen molar-refractivity contribution in [3.63, 3.8) is 0 Å². The molecule has 0 rings (SSSR count). The largest absolute Gasteiger partial charge is 0.340 e. The van der Waals surface area contributed by atoms with Crippen LogP contribution in [-0.4, -0.2) is 71.3 Å². The van der Waals surface area contributed by atoms with Gasteiger partial charge in [0.05, 0.1) is 0 Å². The predicted molar refractivity (Wildman–Crippen MR) is 85.3 cm³/mol. The van der Waals surface area contributed by atoms with Gasteiger partial charge >= 0.3 is 0 Å². The summed E-state index contributed by atoms with van der Waals surface area (Å²) in [6, 6.07) is 0. The molecule has 0 aromatic heterocycles. The highest BCUT2D eigenvalue weighted by molar-refractivity contribution is 6.19. The van der Waals surface area contributed by atoms with Crippen LogP contribution in [0.3, 0.4) is 0 Å². The summed E-state index contributed by atoms with van der Waals surface area (Å²) in [4.78, 5) is 27.0. The zero-order valence-electron chi connectivity index (χ0n) is 11.3. The lowest BCUT2D eigenvalue weighted by molar-refractivity contribution is -0.136. The molecule has 0 aliphatic heterocycles. The standard InChI is InChI=1S/C12H20Cl4N2O2/c13-3-7-17(8-4-14)11(19)1-2-12(20)18(9-5-15)10-6-16/h1-10H2. The topological polar surface area (TPSA) is 40.6 Å². The first-order valence-electron chi connectivity index (χ1n) is 6.40. The van der Waals surface area contributed by atoms with Crippen LogP contribution in [0.2, 0.25) is 0 Å². The Labute approximate surface area is 140 Å². The van der Waals surface area contributed by atoms with Gasteiger partial charge in [0.1, 0.15) is 0 Å². The van der Waals surface area contributed by atoms with Crippen molar-refractivity contribution in [2.24, 2.45) is 0 Å². The number of carbonyl (C=O) groups excluding carboxylic acids is 2. The molecule has 0 heterocycles.